The first-order chi connectivity index (χ1) is 12.0. The first-order valence-corrected chi connectivity index (χ1v) is 8.75. The van der Waals surface area contributed by atoms with Crippen molar-refractivity contribution in [1.29, 1.82) is 0 Å². The van der Waals surface area contributed by atoms with Crippen LogP contribution in [-0.2, 0) is 11.3 Å². The van der Waals surface area contributed by atoms with E-state index in [9.17, 15) is 9.59 Å². The van der Waals surface area contributed by atoms with E-state index in [0.29, 0.717) is 26.2 Å². The van der Waals surface area contributed by atoms with Crippen molar-refractivity contribution < 1.29 is 9.53 Å². The van der Waals surface area contributed by atoms with Crippen molar-refractivity contribution in [2.75, 3.05) is 32.8 Å². The molecule has 2 aromatic rings. The molecule has 0 spiro atoms. The number of aryl methyl sites for hydroxylation is 2. The second kappa shape index (κ2) is 7.27. The van der Waals surface area contributed by atoms with E-state index in [0.717, 1.165) is 35.1 Å². The third kappa shape index (κ3) is 3.69. The van der Waals surface area contributed by atoms with Gasteiger partial charge in [0.05, 0.1) is 12.1 Å². The van der Waals surface area contributed by atoms with Crippen molar-refractivity contribution in [2.24, 2.45) is 0 Å². The minimum absolute atomic E-state index is 0.0333. The Hall–Kier alpha value is -2.34. The number of piperazine rings is 1. The number of H-pyrrole nitrogens is 1. The third-order valence-corrected chi connectivity index (χ3v) is 4.92. The lowest BCUT2D eigenvalue weighted by Crippen LogP contribution is -2.48. The van der Waals surface area contributed by atoms with Crippen LogP contribution in [0, 0.1) is 13.8 Å². The van der Waals surface area contributed by atoms with Crippen LogP contribution in [0.1, 0.15) is 23.6 Å². The van der Waals surface area contributed by atoms with Crippen LogP contribution in [0.4, 0.5) is 4.79 Å². The summed E-state index contributed by atoms with van der Waals surface area (Å²) in [7, 11) is 0. The largest absolute Gasteiger partial charge is 0.450 e. The zero-order valence-corrected chi connectivity index (χ0v) is 15.1. The van der Waals surface area contributed by atoms with Gasteiger partial charge in [0.2, 0.25) is 0 Å². The maximum Gasteiger partial charge on any atom is 0.409 e. The highest BCUT2D eigenvalue weighted by Gasteiger charge is 2.22. The summed E-state index contributed by atoms with van der Waals surface area (Å²) in [6.07, 6.45) is -0.253. The number of amides is 1. The predicted molar refractivity (Wildman–Crippen MR) is 97.9 cm³/mol. The number of pyridine rings is 1. The van der Waals surface area contributed by atoms with E-state index in [1.165, 1.54) is 5.56 Å². The van der Waals surface area contributed by atoms with E-state index in [2.05, 4.69) is 22.0 Å². The predicted octanol–water partition coefficient (Wildman–Crippen LogP) is 2.42. The molecule has 2 heterocycles. The van der Waals surface area contributed by atoms with Crippen LogP contribution in [0.15, 0.2) is 23.0 Å². The number of carbonyl (C=O) groups is 1. The fourth-order valence-electron chi connectivity index (χ4n) is 3.23. The van der Waals surface area contributed by atoms with Crippen molar-refractivity contribution in [3.8, 4) is 0 Å². The Morgan fingerprint density at radius 3 is 2.60 bits per heavy atom. The number of nitrogens with one attached hydrogen (secondary N) is 1. The molecule has 134 valence electrons. The number of rotatable bonds is 3. The molecular weight excluding hydrogens is 318 g/mol. The van der Waals surface area contributed by atoms with Gasteiger partial charge in [-0.3, -0.25) is 9.69 Å². The summed E-state index contributed by atoms with van der Waals surface area (Å²) in [4.78, 5) is 31.2. The second-order valence-corrected chi connectivity index (χ2v) is 6.56. The molecule has 1 aromatic carbocycles. The molecule has 0 aliphatic carbocycles. The van der Waals surface area contributed by atoms with E-state index in [4.69, 9.17) is 4.74 Å². The van der Waals surface area contributed by atoms with Crippen LogP contribution >= 0.6 is 0 Å². The zero-order valence-electron chi connectivity index (χ0n) is 15.1. The molecule has 1 aromatic heterocycles. The first-order valence-electron chi connectivity index (χ1n) is 8.75. The van der Waals surface area contributed by atoms with Crippen molar-refractivity contribution in [2.45, 2.75) is 27.3 Å². The van der Waals surface area contributed by atoms with Crippen LogP contribution in [-0.4, -0.2) is 53.7 Å². The van der Waals surface area contributed by atoms with E-state index >= 15 is 0 Å². The van der Waals surface area contributed by atoms with Crippen LogP contribution in [0.3, 0.4) is 0 Å². The molecule has 1 aliphatic heterocycles. The van der Waals surface area contributed by atoms with Gasteiger partial charge in [-0.1, -0.05) is 12.1 Å². The van der Waals surface area contributed by atoms with Crippen LogP contribution in [0.5, 0.6) is 0 Å². The van der Waals surface area contributed by atoms with Crippen molar-refractivity contribution >= 4 is 17.0 Å². The Labute approximate surface area is 147 Å². The van der Waals surface area contributed by atoms with Gasteiger partial charge in [-0.05, 0) is 43.4 Å². The number of benzene rings is 1. The van der Waals surface area contributed by atoms with Gasteiger partial charge in [-0.15, -0.1) is 0 Å². The van der Waals surface area contributed by atoms with E-state index in [-0.39, 0.29) is 11.7 Å². The summed E-state index contributed by atoms with van der Waals surface area (Å²) < 4.78 is 5.04. The first kappa shape index (κ1) is 17.5. The molecule has 6 nitrogen and oxygen atoms in total. The van der Waals surface area contributed by atoms with Gasteiger partial charge in [-0.2, -0.15) is 0 Å². The number of nitrogens with zero attached hydrogens (tertiary/aromatic N) is 2. The summed E-state index contributed by atoms with van der Waals surface area (Å²) in [5.74, 6) is 0. The molecule has 1 saturated heterocycles. The van der Waals surface area contributed by atoms with Gasteiger partial charge >= 0.3 is 6.09 Å². The molecule has 0 atom stereocenters. The Morgan fingerprint density at radius 2 is 1.92 bits per heavy atom. The molecular formula is C19H25N3O3. The molecule has 1 amide bonds. The van der Waals surface area contributed by atoms with E-state index in [1.54, 1.807) is 4.90 Å². The van der Waals surface area contributed by atoms with Gasteiger partial charge in [0.15, 0.2) is 0 Å². The molecule has 0 unspecified atom stereocenters. The number of fused-ring (bicyclic) bond motifs is 1. The SMILES string of the molecule is CCOC(=O)N1CCN(Cc2cc3ccc(C)c(C)c3[nH]c2=O)CC1. The van der Waals surface area contributed by atoms with Crippen LogP contribution < -0.4 is 5.56 Å². The van der Waals surface area contributed by atoms with E-state index < -0.39 is 0 Å². The van der Waals surface area contributed by atoms with Gasteiger partial charge in [0.1, 0.15) is 0 Å². The minimum atomic E-state index is -0.253. The maximum atomic E-state index is 12.5. The number of aromatic nitrogens is 1. The highest BCUT2D eigenvalue weighted by molar-refractivity contribution is 5.83. The summed E-state index contributed by atoms with van der Waals surface area (Å²) in [6, 6.07) is 6.12. The standard InChI is InChI=1S/C19H25N3O3/c1-4-25-19(24)22-9-7-21(8-10-22)12-16-11-15-6-5-13(2)14(3)17(15)20-18(16)23/h5-6,11H,4,7-10,12H2,1-3H3,(H,20,23). The Balaban J connectivity index is 1.72. The lowest BCUT2D eigenvalue weighted by atomic mass is 10.0. The number of ether oxygens (including phenoxy) is 1. The lowest BCUT2D eigenvalue weighted by Gasteiger charge is -2.33. The highest BCUT2D eigenvalue weighted by atomic mass is 16.6. The topological polar surface area (TPSA) is 65.6 Å². The fraction of sp³-hybridized carbons (Fsp3) is 0.474. The van der Waals surface area contributed by atoms with Crippen molar-refractivity contribution in [3.63, 3.8) is 0 Å². The van der Waals surface area contributed by atoms with Gasteiger partial charge in [-0.25, -0.2) is 4.79 Å². The third-order valence-electron chi connectivity index (χ3n) is 4.92. The molecule has 1 fully saturated rings. The summed E-state index contributed by atoms with van der Waals surface area (Å²) in [6.45, 7) is 9.60. The average molecular weight is 343 g/mol. The van der Waals surface area contributed by atoms with Gasteiger partial charge in [0.25, 0.3) is 5.56 Å². The average Bonchev–Trinajstić information content (AvgIpc) is 2.60. The highest BCUT2D eigenvalue weighted by Crippen LogP contribution is 2.19. The lowest BCUT2D eigenvalue weighted by molar-refractivity contribution is 0.0777. The smallest absolute Gasteiger partial charge is 0.409 e. The Morgan fingerprint density at radius 1 is 1.20 bits per heavy atom. The quantitative estimate of drug-likeness (QED) is 0.929. The minimum Gasteiger partial charge on any atom is -0.450 e. The van der Waals surface area contributed by atoms with Crippen LogP contribution in [0.2, 0.25) is 0 Å². The molecule has 6 heteroatoms. The molecule has 0 bridgehead atoms. The monoisotopic (exact) mass is 343 g/mol. The van der Waals surface area contributed by atoms with Crippen LogP contribution in [0.25, 0.3) is 10.9 Å². The second-order valence-electron chi connectivity index (χ2n) is 6.56. The normalized spacial score (nSPS) is 15.6. The maximum absolute atomic E-state index is 12.5. The molecule has 25 heavy (non-hydrogen) atoms. The van der Waals surface area contributed by atoms with Gasteiger partial charge < -0.3 is 14.6 Å². The summed E-state index contributed by atoms with van der Waals surface area (Å²) >= 11 is 0. The number of aromatic amines is 1. The van der Waals surface area contributed by atoms with Crippen molar-refractivity contribution in [3.05, 3.63) is 45.2 Å². The Kier molecular flexibility index (Phi) is 5.08. The van der Waals surface area contributed by atoms with E-state index in [1.807, 2.05) is 26.8 Å². The molecule has 1 N–H and O–H groups in total. The fourth-order valence-corrected chi connectivity index (χ4v) is 3.23. The zero-order chi connectivity index (χ0) is 18.0. The van der Waals surface area contributed by atoms with Gasteiger partial charge in [0, 0.05) is 38.3 Å². The number of hydrogen-bond acceptors (Lipinski definition) is 4. The summed E-state index contributed by atoms with van der Waals surface area (Å²) in [5.41, 5.74) is 3.94. The molecule has 3 rings (SSSR count). The molecule has 0 radical (unpaired) electrons. The summed E-state index contributed by atoms with van der Waals surface area (Å²) in [5, 5.41) is 1.06. The molecule has 1 aliphatic rings. The number of hydrogen-bond donors (Lipinski definition) is 1. The number of carbonyl (C=O) groups excluding carboxylic acids is 1. The van der Waals surface area contributed by atoms with Crippen molar-refractivity contribution in [1.82, 2.24) is 14.8 Å². The Bertz CT molecular complexity index is 836. The molecule has 0 saturated carbocycles.